The molecule has 8 heterocycles. The monoisotopic (exact) mass is 1620 g/mol. The SMILES string of the molecule is CC[C@@H](CC(C)C)C(=O)N[C@H]1C(=O)N[C@@H](CC(N)=O)C(=O)N[C@H]2C(=O)NC3C(=O)N[C@@H](C(=O)N[C@H](C(=O)O)c4cc(O)cc(O)c4-c4cc3ccc4O)[C@@H](O[C@@H]3C[C@](C)(N)[C@H](O)[C@H](C)O3)c3ccc(c(C)c3)Oc3cc2cc(c3O[C@@H]2O[C@H](CO)[C@H](O)[C@H](O)[C@@H]2O[C@@H]2C[C@](C)(N)[C@H](O)[C@H](C)O2)Oc2[c-]cc(cc2)[C@H]1O.[Y]. The summed E-state index contributed by atoms with van der Waals surface area (Å²) in [6.45, 7) is 12.0. The maximum atomic E-state index is 16.4. The Bertz CT molecular complexity index is 4340. The molecule has 22 N–H and O–H groups in total. The van der Waals surface area contributed by atoms with Crippen LogP contribution in [0, 0.1) is 24.8 Å². The minimum absolute atomic E-state index is 0. The van der Waals surface area contributed by atoms with E-state index in [0.29, 0.717) is 6.42 Å². The van der Waals surface area contributed by atoms with E-state index in [9.17, 15) is 70.2 Å². The van der Waals surface area contributed by atoms with E-state index in [-0.39, 0.29) is 91.6 Å². The zero-order valence-electron chi connectivity index (χ0n) is 61.7. The van der Waals surface area contributed by atoms with Crippen molar-refractivity contribution in [3.63, 3.8) is 0 Å². The van der Waals surface area contributed by atoms with Gasteiger partial charge in [-0.25, -0.2) is 4.79 Å². The maximum Gasteiger partial charge on any atom is 0.330 e. The maximum absolute atomic E-state index is 16.4. The number of carbonyl (C=O) groups excluding carboxylic acids is 7. The summed E-state index contributed by atoms with van der Waals surface area (Å²) in [6.07, 6.45) is -21.7. The Morgan fingerprint density at radius 2 is 1.31 bits per heavy atom. The van der Waals surface area contributed by atoms with E-state index in [0.717, 1.165) is 42.5 Å². The first-order valence-corrected chi connectivity index (χ1v) is 35.8. The van der Waals surface area contributed by atoms with Gasteiger partial charge in [-0.3, -0.25) is 33.6 Å². The van der Waals surface area contributed by atoms with E-state index in [4.69, 9.17) is 55.1 Å². The van der Waals surface area contributed by atoms with Crippen molar-refractivity contribution in [2.24, 2.45) is 29.0 Å². The molecule has 5 aromatic carbocycles. The third-order valence-corrected chi connectivity index (χ3v) is 20.5. The number of nitrogens with one attached hydrogen (secondary N) is 6. The van der Waals surface area contributed by atoms with Crippen molar-refractivity contribution in [1.82, 2.24) is 31.9 Å². The van der Waals surface area contributed by atoms with Gasteiger partial charge in [0, 0.05) is 91.1 Å². The van der Waals surface area contributed by atoms with Crippen molar-refractivity contribution in [3.05, 3.63) is 118 Å². The third-order valence-electron chi connectivity index (χ3n) is 20.5. The standard InChI is InChI=1S/C75H92N9O26.Y/c1-9-33(18-29(2)3)66(95)83-56-58(90)34-10-14-39(15-11-34)105-46-21-37-22-47(62(46)110-73-63(60(92)59(91)48(28-85)107-73)109-51-27-75(8,78)65(94)32(6)104-51)106-45-17-13-36(19-30(45)4)61(108-50-26-74(7,77)64(93)31(5)103-50)57-71(100)82-55(72(101)102)41-23-38(86)24-44(88)52(41)40-20-35(12-16-43(40)87)53(68(97)84-57)81-69(98)54(37)80-67(96)42(25-49(76)89)79-70(56)99;/h10-14,16-17,19-24,29,31-33,42,48,50-51,53-61,63-65,73,85-88,90-94H,9,18,25-28,77-78H2,1-8H3,(H2,76,89)(H,79,99)(H,80,96)(H,81,98)(H,82,100)(H,83,95)(H,84,97)(H,101,102);/q-1;/t31-,32-,33-,42-,48+,50+,51+,53?,54+,55-,56+,57+,58+,59-,60-,61-,63-,64+,65+,73-,74-,75-;/m0./s1. The number of carbonyl (C=O) groups is 8. The van der Waals surface area contributed by atoms with E-state index < -0.39 is 250 Å². The van der Waals surface area contributed by atoms with E-state index >= 15 is 19.2 Å². The smallest absolute Gasteiger partial charge is 0.330 e. The van der Waals surface area contributed by atoms with E-state index in [2.05, 4.69) is 38.0 Å². The molecular weight excluding hydrogens is 1530 g/mol. The van der Waals surface area contributed by atoms with Crippen molar-refractivity contribution < 1.29 is 160 Å². The summed E-state index contributed by atoms with van der Waals surface area (Å²) in [7, 11) is 0. The molecule has 7 amide bonds. The molecule has 3 fully saturated rings. The van der Waals surface area contributed by atoms with Crippen molar-refractivity contribution >= 4 is 47.3 Å². The van der Waals surface area contributed by atoms with E-state index in [1.165, 1.54) is 71.0 Å². The number of benzene rings is 5. The molecule has 22 atom stereocenters. The Labute approximate surface area is 661 Å². The van der Waals surface area contributed by atoms with Crippen LogP contribution in [0.4, 0.5) is 0 Å². The summed E-state index contributed by atoms with van der Waals surface area (Å²) in [5.41, 5.74) is 14.0. The third kappa shape index (κ3) is 18.3. The normalized spacial score (nSPS) is 31.9. The van der Waals surface area contributed by atoms with Crippen molar-refractivity contribution in [1.29, 1.82) is 0 Å². The second kappa shape index (κ2) is 34.3. The number of carboxylic acid groups (broad SMARTS) is 1. The predicted molar refractivity (Wildman–Crippen MR) is 380 cm³/mol. The molecule has 8 aliphatic rings. The zero-order chi connectivity index (χ0) is 80.0. The number of aliphatic hydroxyl groups excluding tert-OH is 6. The number of hydrogen-bond donors (Lipinski definition) is 19. The first kappa shape index (κ1) is 84.7. The number of aryl methyl sites for hydroxylation is 1. The van der Waals surface area contributed by atoms with Gasteiger partial charge in [-0.15, -0.1) is 17.7 Å². The number of aromatic hydroxyl groups is 3. The average Bonchev–Trinajstić information content (AvgIpc) is 0.766. The molecule has 0 spiro atoms. The van der Waals surface area contributed by atoms with Gasteiger partial charge in [-0.1, -0.05) is 32.9 Å². The molecular formula is C75H92N9O26Y-. The molecule has 0 saturated carbocycles. The van der Waals surface area contributed by atoms with Gasteiger partial charge < -0.3 is 138 Å². The topological polar surface area (TPSA) is 563 Å². The van der Waals surface area contributed by atoms with Crippen LogP contribution in [0.1, 0.15) is 144 Å². The fraction of sp³-hybridized carbons (Fsp3) is 0.493. The summed E-state index contributed by atoms with van der Waals surface area (Å²) in [5.74, 6) is -15.5. The van der Waals surface area contributed by atoms with Gasteiger partial charge in [0.25, 0.3) is 0 Å². The fourth-order valence-corrected chi connectivity index (χ4v) is 14.5. The molecule has 0 aliphatic carbocycles. The molecule has 8 aliphatic heterocycles. The van der Waals surface area contributed by atoms with Crippen LogP contribution in [0.15, 0.2) is 78.9 Å². The predicted octanol–water partition coefficient (Wildman–Crippen LogP) is 0.581. The number of rotatable bonds is 15. The number of nitrogens with two attached hydrogens (primary N) is 3. The molecule has 11 bridgehead atoms. The minimum atomic E-state index is -2.31. The molecule has 597 valence electrons. The number of ether oxygens (including phenoxy) is 8. The van der Waals surface area contributed by atoms with Crippen LogP contribution in [0.3, 0.4) is 0 Å². The quantitative estimate of drug-likeness (QED) is 0.0638. The van der Waals surface area contributed by atoms with Crippen LogP contribution >= 0.6 is 0 Å². The summed E-state index contributed by atoms with van der Waals surface area (Å²) in [4.78, 5) is 120. The first-order valence-electron chi connectivity index (χ1n) is 35.8. The molecule has 13 rings (SSSR count). The number of amides is 7. The van der Waals surface area contributed by atoms with E-state index in [1.807, 2.05) is 13.8 Å². The number of aliphatic carboxylic acids is 1. The number of phenolic OH excluding ortho intramolecular Hbond substituents is 3. The Kier molecular flexibility index (Phi) is 26.2. The molecule has 0 aromatic heterocycles. The summed E-state index contributed by atoms with van der Waals surface area (Å²) in [6, 6.07) is 4.76. The Hall–Kier alpha value is -8.76. The summed E-state index contributed by atoms with van der Waals surface area (Å²) in [5, 5.41) is 130. The molecule has 5 aromatic rings. The van der Waals surface area contributed by atoms with Crippen molar-refractivity contribution in [2.45, 2.75) is 215 Å². The van der Waals surface area contributed by atoms with Crippen LogP contribution in [-0.2, 0) is 94.7 Å². The van der Waals surface area contributed by atoms with Gasteiger partial charge in [0.1, 0.15) is 77.6 Å². The number of fused-ring (bicyclic) bond motifs is 15. The van der Waals surface area contributed by atoms with Gasteiger partial charge in [0.2, 0.25) is 53.4 Å². The number of phenols is 3. The van der Waals surface area contributed by atoms with Gasteiger partial charge in [0.15, 0.2) is 36.2 Å². The van der Waals surface area contributed by atoms with Crippen LogP contribution in [0.5, 0.6) is 46.0 Å². The largest absolute Gasteiger partial charge is 0.508 e. The molecule has 35 nitrogen and oxygen atoms in total. The molecule has 1 unspecified atom stereocenters. The van der Waals surface area contributed by atoms with Crippen molar-refractivity contribution in [2.75, 3.05) is 6.61 Å². The molecule has 3 saturated heterocycles. The Balaban J connectivity index is 0.0000131. The van der Waals surface area contributed by atoms with Gasteiger partial charge in [-0.05, 0) is 118 Å². The van der Waals surface area contributed by atoms with Gasteiger partial charge >= 0.3 is 5.97 Å². The fourth-order valence-electron chi connectivity index (χ4n) is 14.5. The number of aliphatic hydroxyl groups is 6. The average molecular weight is 1620 g/mol. The first-order chi connectivity index (χ1) is 51.8. The van der Waals surface area contributed by atoms with Crippen LogP contribution < -0.4 is 63.3 Å². The van der Waals surface area contributed by atoms with Gasteiger partial charge in [0.05, 0.1) is 43.5 Å². The van der Waals surface area contributed by atoms with Crippen molar-refractivity contribution in [3.8, 4) is 57.1 Å². The summed E-state index contributed by atoms with van der Waals surface area (Å²) >= 11 is 0. The van der Waals surface area contributed by atoms with Crippen LogP contribution in [0.2, 0.25) is 0 Å². The van der Waals surface area contributed by atoms with E-state index in [1.54, 1.807) is 6.92 Å². The second-order valence-electron chi connectivity index (χ2n) is 29.6. The second-order valence-corrected chi connectivity index (χ2v) is 29.6. The summed E-state index contributed by atoms with van der Waals surface area (Å²) < 4.78 is 52.0. The molecule has 1 radical (unpaired) electrons. The van der Waals surface area contributed by atoms with Crippen LogP contribution in [-0.4, -0.2) is 202 Å². The number of hydrogen-bond acceptors (Lipinski definition) is 27. The zero-order valence-corrected chi connectivity index (χ0v) is 64.5. The minimum Gasteiger partial charge on any atom is -0.508 e. The number of carboxylic acids is 1. The number of primary amides is 1. The molecule has 36 heteroatoms. The van der Waals surface area contributed by atoms with Gasteiger partial charge in [-0.2, -0.15) is 12.1 Å². The molecule has 111 heavy (non-hydrogen) atoms. The Morgan fingerprint density at radius 3 is 1.90 bits per heavy atom. The van der Waals surface area contributed by atoms with Crippen LogP contribution in [0.25, 0.3) is 11.1 Å². The Morgan fingerprint density at radius 1 is 0.694 bits per heavy atom.